The number of hydrogen-bond acceptors (Lipinski definition) is 5. The molecule has 13 heteroatoms. The Kier molecular flexibility index (Phi) is 5.15. The minimum atomic E-state index is -4.96. The highest BCUT2D eigenvalue weighted by molar-refractivity contribution is 7.91. The van der Waals surface area contributed by atoms with E-state index in [2.05, 4.69) is 9.72 Å². The molecule has 2 aromatic heterocycles. The predicted octanol–water partition coefficient (Wildman–Crippen LogP) is 4.30. The summed E-state index contributed by atoms with van der Waals surface area (Å²) in [5, 5.41) is -0.459. The van der Waals surface area contributed by atoms with E-state index < -0.39 is 50.1 Å². The van der Waals surface area contributed by atoms with E-state index in [1.165, 1.54) is 19.1 Å². The van der Waals surface area contributed by atoms with Gasteiger partial charge in [0.1, 0.15) is 11.4 Å². The lowest BCUT2D eigenvalue weighted by atomic mass is 10.1. The van der Waals surface area contributed by atoms with Crippen LogP contribution in [-0.2, 0) is 22.3 Å². The van der Waals surface area contributed by atoms with Gasteiger partial charge in [0.05, 0.1) is 12.3 Å². The Morgan fingerprint density at radius 3 is 2.42 bits per heavy atom. The fourth-order valence-electron chi connectivity index (χ4n) is 3.52. The van der Waals surface area contributed by atoms with Crippen molar-refractivity contribution in [3.05, 3.63) is 53.2 Å². The molecule has 0 saturated carbocycles. The number of carbonyl (C=O) groups is 1. The Hall–Kier alpha value is -3.22. The highest BCUT2D eigenvalue weighted by atomic mass is 32.2. The van der Waals surface area contributed by atoms with Gasteiger partial charge in [-0.1, -0.05) is 13.0 Å². The van der Waals surface area contributed by atoms with Crippen molar-refractivity contribution < 1.29 is 39.9 Å². The number of ether oxygens (including phenoxy) is 1. The molecule has 0 radical (unpaired) electrons. The molecule has 0 spiro atoms. The van der Waals surface area contributed by atoms with Gasteiger partial charge >= 0.3 is 6.36 Å². The van der Waals surface area contributed by atoms with Crippen LogP contribution in [0.5, 0.6) is 5.75 Å². The first-order valence-corrected chi connectivity index (χ1v) is 11.2. The number of halogens is 5. The van der Waals surface area contributed by atoms with E-state index >= 15 is 0 Å². The Balaban J connectivity index is 1.85. The molecule has 0 bridgehead atoms. The van der Waals surface area contributed by atoms with E-state index in [0.29, 0.717) is 12.5 Å². The number of nitrogens with zero attached hydrogens (tertiary/aromatic N) is 3. The third kappa shape index (κ3) is 4.12. The van der Waals surface area contributed by atoms with Gasteiger partial charge < -0.3 is 4.74 Å². The van der Waals surface area contributed by atoms with Gasteiger partial charge in [-0.3, -0.25) is 14.1 Å². The lowest BCUT2D eigenvalue weighted by Crippen LogP contribution is -2.26. The number of carbonyl (C=O) groups excluding carboxylic acids is 1. The molecule has 0 fully saturated rings. The summed E-state index contributed by atoms with van der Waals surface area (Å²) in [6, 6.07) is 5.49. The van der Waals surface area contributed by atoms with E-state index in [4.69, 9.17) is 0 Å². The normalized spacial score (nSPS) is 14.8. The van der Waals surface area contributed by atoms with E-state index in [1.807, 2.05) is 0 Å². The van der Waals surface area contributed by atoms with E-state index in [-0.39, 0.29) is 23.6 Å². The molecule has 1 amide bonds. The van der Waals surface area contributed by atoms with Gasteiger partial charge in [0.2, 0.25) is 0 Å². The number of fused-ring (bicyclic) bond motifs is 2. The Morgan fingerprint density at radius 1 is 1.12 bits per heavy atom. The summed E-state index contributed by atoms with van der Waals surface area (Å²) in [4.78, 5) is 18.2. The summed E-state index contributed by atoms with van der Waals surface area (Å²) in [6.07, 6.45) is -4.02. The summed E-state index contributed by atoms with van der Waals surface area (Å²) in [6.45, 7) is 1.83. The quantitative estimate of drug-likeness (QED) is 0.500. The molecule has 176 valence electrons. The first-order valence-electron chi connectivity index (χ1n) is 9.55. The van der Waals surface area contributed by atoms with Gasteiger partial charge in [-0.25, -0.2) is 22.2 Å². The van der Waals surface area contributed by atoms with Gasteiger partial charge in [0, 0.05) is 24.2 Å². The van der Waals surface area contributed by atoms with Gasteiger partial charge in [-0.05, 0) is 29.8 Å². The predicted molar refractivity (Wildman–Crippen MR) is 106 cm³/mol. The van der Waals surface area contributed by atoms with Crippen LogP contribution in [0.1, 0.15) is 35.3 Å². The number of benzene rings is 1. The van der Waals surface area contributed by atoms with Crippen molar-refractivity contribution in [3.8, 4) is 5.75 Å². The van der Waals surface area contributed by atoms with E-state index in [9.17, 15) is 35.2 Å². The van der Waals surface area contributed by atoms with Crippen LogP contribution in [0.3, 0.4) is 0 Å². The van der Waals surface area contributed by atoms with Crippen molar-refractivity contribution in [2.75, 3.05) is 10.7 Å². The third-order valence-electron chi connectivity index (χ3n) is 5.11. The van der Waals surface area contributed by atoms with Crippen molar-refractivity contribution in [1.82, 2.24) is 9.38 Å². The summed E-state index contributed by atoms with van der Waals surface area (Å²) in [5.41, 5.74) is -0.243. The minimum Gasteiger partial charge on any atom is -0.406 e. The maximum absolute atomic E-state index is 13.9. The maximum atomic E-state index is 13.9. The highest BCUT2D eigenvalue weighted by Gasteiger charge is 2.38. The molecule has 0 atom stereocenters. The van der Waals surface area contributed by atoms with Crippen LogP contribution in [0.15, 0.2) is 41.6 Å². The second-order valence-corrected chi connectivity index (χ2v) is 9.63. The zero-order valence-corrected chi connectivity index (χ0v) is 18.0. The minimum absolute atomic E-state index is 0.00914. The number of imidazole rings is 1. The molecule has 0 N–H and O–H groups in total. The molecule has 0 saturated heterocycles. The molecule has 3 heterocycles. The smallest absolute Gasteiger partial charge is 0.406 e. The lowest BCUT2D eigenvalue weighted by Gasteiger charge is -2.15. The van der Waals surface area contributed by atoms with Gasteiger partial charge in [0.25, 0.3) is 11.8 Å². The first-order chi connectivity index (χ1) is 15.2. The zero-order chi connectivity index (χ0) is 24.3. The molecule has 1 aliphatic rings. The van der Waals surface area contributed by atoms with Crippen molar-refractivity contribution in [2.45, 2.75) is 37.7 Å². The van der Waals surface area contributed by atoms with Crippen molar-refractivity contribution in [1.29, 1.82) is 0 Å². The topological polar surface area (TPSA) is 81.0 Å². The third-order valence-corrected chi connectivity index (χ3v) is 6.84. The fourth-order valence-corrected chi connectivity index (χ4v) is 4.67. The Labute approximate surface area is 184 Å². The van der Waals surface area contributed by atoms with Crippen molar-refractivity contribution in [2.24, 2.45) is 0 Å². The second kappa shape index (κ2) is 7.40. The highest BCUT2D eigenvalue weighted by Crippen LogP contribution is 2.37. The molecule has 3 aromatic rings. The number of hydrogen-bond donors (Lipinski definition) is 0. The Morgan fingerprint density at radius 2 is 1.82 bits per heavy atom. The Bertz CT molecular complexity index is 1380. The van der Waals surface area contributed by atoms with E-state index in [1.54, 1.807) is 0 Å². The van der Waals surface area contributed by atoms with Crippen LogP contribution in [0.2, 0.25) is 0 Å². The van der Waals surface area contributed by atoms with Crippen LogP contribution in [0.4, 0.5) is 27.8 Å². The van der Waals surface area contributed by atoms with Crippen LogP contribution >= 0.6 is 0 Å². The van der Waals surface area contributed by atoms with Gasteiger partial charge in [-0.2, -0.15) is 0 Å². The number of alkyl halides is 5. The second-order valence-electron chi connectivity index (χ2n) is 7.44. The van der Waals surface area contributed by atoms with Crippen molar-refractivity contribution in [3.63, 3.8) is 0 Å². The monoisotopic (exact) mass is 489 g/mol. The lowest BCUT2D eigenvalue weighted by molar-refractivity contribution is -0.274. The molecule has 1 aliphatic heterocycles. The average Bonchev–Trinajstić information content (AvgIpc) is 3.24. The molecule has 0 unspecified atom stereocenters. The van der Waals surface area contributed by atoms with Gasteiger partial charge in [0.15, 0.2) is 20.7 Å². The summed E-state index contributed by atoms with van der Waals surface area (Å²) in [7, 11) is -4.07. The molecule has 33 heavy (non-hydrogen) atoms. The average molecular weight is 489 g/mol. The molecular weight excluding hydrogens is 473 g/mol. The number of amides is 1. The van der Waals surface area contributed by atoms with Crippen LogP contribution in [0.25, 0.3) is 5.65 Å². The molecular formula is C20H16F5N3O4S. The SMILES string of the molecule is CCS(=O)(=O)c1c(N2Cc3ccc(OC(F)(F)F)cc3C2=O)nc2ccc(C(C)(F)F)cn12. The molecule has 4 rings (SSSR count). The first kappa shape index (κ1) is 23.0. The standard InChI is InChI=1S/C20H16F5N3O4S/c1-3-33(30,31)18-16(26-15-7-5-12(10-27(15)18)19(2,21)22)28-9-11-4-6-13(32-20(23,24)25)8-14(11)17(28)29/h4-8,10H,3,9H2,1-2H3. The van der Waals surface area contributed by atoms with Gasteiger partial charge in [-0.15, -0.1) is 13.2 Å². The zero-order valence-electron chi connectivity index (χ0n) is 17.2. The summed E-state index contributed by atoms with van der Waals surface area (Å²) >= 11 is 0. The number of sulfone groups is 1. The fraction of sp³-hybridized carbons (Fsp3) is 0.300. The molecule has 1 aromatic carbocycles. The largest absolute Gasteiger partial charge is 0.573 e. The molecule has 7 nitrogen and oxygen atoms in total. The number of aromatic nitrogens is 2. The van der Waals surface area contributed by atoms with Crippen LogP contribution < -0.4 is 9.64 Å². The van der Waals surface area contributed by atoms with Crippen LogP contribution in [0, 0.1) is 0 Å². The summed E-state index contributed by atoms with van der Waals surface area (Å²) in [5.74, 6) is -5.37. The number of pyridine rings is 1. The number of rotatable bonds is 5. The summed E-state index contributed by atoms with van der Waals surface area (Å²) < 4.78 is 95.9. The van der Waals surface area contributed by atoms with Crippen LogP contribution in [-0.4, -0.2) is 35.8 Å². The van der Waals surface area contributed by atoms with Crippen molar-refractivity contribution >= 4 is 27.2 Å². The maximum Gasteiger partial charge on any atom is 0.573 e. The number of anilines is 1. The molecule has 0 aliphatic carbocycles. The van der Waals surface area contributed by atoms with E-state index in [0.717, 1.165) is 33.7 Å².